The zero-order valence-corrected chi connectivity index (χ0v) is 14.1. The summed E-state index contributed by atoms with van der Waals surface area (Å²) in [6.45, 7) is -3.68. The third-order valence-electron chi connectivity index (χ3n) is 3.41. The third-order valence-corrected chi connectivity index (χ3v) is 3.87. The minimum atomic E-state index is -4.59. The molecule has 0 bridgehead atoms. The van der Waals surface area contributed by atoms with E-state index in [2.05, 4.69) is 36.4 Å². The molecule has 0 amide bonds. The molecule has 2 aromatic heterocycles. The lowest BCUT2D eigenvalue weighted by atomic mass is 9.84. The quantitative estimate of drug-likeness (QED) is 0.624. The maximum Gasteiger partial charge on any atom is 0.323 e. The van der Waals surface area contributed by atoms with Crippen LogP contribution in [0.3, 0.4) is 0 Å². The second-order valence-electron chi connectivity index (χ2n) is 5.07. The number of hydrogen-bond acceptors (Lipinski definition) is 5. The van der Waals surface area contributed by atoms with Crippen LogP contribution in [0.1, 0.15) is 15.4 Å². The first-order valence-corrected chi connectivity index (χ1v) is 7.65. The number of nitrogens with zero attached hydrogens (tertiary/aromatic N) is 5. The van der Waals surface area contributed by atoms with E-state index < -0.39 is 47.2 Å². The topological polar surface area (TPSA) is 76.7 Å². The molecular formula is C15H10BrF4N5O. The van der Waals surface area contributed by atoms with E-state index in [4.69, 9.17) is 4.11 Å². The normalized spacial score (nSPS) is 16.5. The van der Waals surface area contributed by atoms with Crippen molar-refractivity contribution in [2.24, 2.45) is 0 Å². The van der Waals surface area contributed by atoms with Crippen molar-refractivity contribution in [2.75, 3.05) is 0 Å². The predicted molar refractivity (Wildman–Crippen MR) is 83.9 cm³/mol. The Hall–Kier alpha value is -2.40. The highest BCUT2D eigenvalue weighted by atomic mass is 79.9. The molecule has 1 N–H and O–H groups in total. The minimum absolute atomic E-state index is 0.0391. The zero-order valence-electron chi connectivity index (χ0n) is 15.5. The number of benzene rings is 1. The van der Waals surface area contributed by atoms with Gasteiger partial charge in [-0.2, -0.15) is 8.78 Å². The molecule has 0 saturated heterocycles. The molecular weight excluding hydrogens is 422 g/mol. The molecule has 6 nitrogen and oxygen atoms in total. The average molecular weight is 435 g/mol. The van der Waals surface area contributed by atoms with E-state index in [-0.39, 0.29) is 10.7 Å². The Bertz CT molecular complexity index is 1050. The van der Waals surface area contributed by atoms with Crippen LogP contribution < -0.4 is 0 Å². The van der Waals surface area contributed by atoms with Gasteiger partial charge in [0.15, 0.2) is 5.60 Å². The maximum atomic E-state index is 15.6. The number of halogens is 5. The Labute approximate surface area is 156 Å². The number of alkyl halides is 2. The van der Waals surface area contributed by atoms with Crippen LogP contribution in [-0.2, 0) is 18.0 Å². The molecule has 0 fully saturated rings. The van der Waals surface area contributed by atoms with E-state index in [9.17, 15) is 13.9 Å². The van der Waals surface area contributed by atoms with Gasteiger partial charge >= 0.3 is 5.92 Å². The molecule has 26 heavy (non-hydrogen) atoms. The molecule has 0 radical (unpaired) electrons. The summed E-state index contributed by atoms with van der Waals surface area (Å²) in [4.78, 5) is 3.48. The highest BCUT2D eigenvalue weighted by Crippen LogP contribution is 2.46. The molecule has 1 unspecified atom stereocenters. The minimum Gasteiger partial charge on any atom is -0.377 e. The molecule has 0 aliphatic rings. The summed E-state index contributed by atoms with van der Waals surface area (Å²) >= 11 is 3.01. The summed E-state index contributed by atoms with van der Waals surface area (Å²) in [7, 11) is 0. The predicted octanol–water partition coefficient (Wildman–Crippen LogP) is 2.79. The van der Waals surface area contributed by atoms with Crippen LogP contribution in [0.4, 0.5) is 17.6 Å². The fraction of sp³-hybridized carbons (Fsp3) is 0.200. The van der Waals surface area contributed by atoms with Gasteiger partial charge in [0.1, 0.15) is 25.0 Å². The number of aromatic nitrogens is 5. The molecule has 1 aromatic carbocycles. The van der Waals surface area contributed by atoms with Gasteiger partial charge in [0.2, 0.25) is 0 Å². The molecule has 3 rings (SSSR count). The third kappa shape index (κ3) is 3.19. The fourth-order valence-electron chi connectivity index (χ4n) is 2.17. The van der Waals surface area contributed by atoms with Crippen molar-refractivity contribution in [1.82, 2.24) is 25.2 Å². The largest absolute Gasteiger partial charge is 0.377 e. The summed E-state index contributed by atoms with van der Waals surface area (Å²) in [6, 6.07) is 3.20. The van der Waals surface area contributed by atoms with E-state index in [0.717, 1.165) is 18.3 Å². The summed E-state index contributed by atoms with van der Waals surface area (Å²) in [5.74, 6) is -7.37. The molecule has 0 aliphatic heterocycles. The van der Waals surface area contributed by atoms with Crippen LogP contribution >= 0.6 is 15.9 Å². The number of pyridine rings is 1. The fourth-order valence-corrected chi connectivity index (χ4v) is 2.41. The molecule has 0 saturated carbocycles. The van der Waals surface area contributed by atoms with E-state index >= 15 is 8.78 Å². The summed E-state index contributed by atoms with van der Waals surface area (Å²) < 4.78 is 83.0. The van der Waals surface area contributed by atoms with Gasteiger partial charge in [0.05, 0.1) is 9.24 Å². The second kappa shape index (κ2) is 6.72. The van der Waals surface area contributed by atoms with E-state index in [0.29, 0.717) is 16.6 Å². The van der Waals surface area contributed by atoms with Crippen molar-refractivity contribution in [2.45, 2.75) is 18.0 Å². The van der Waals surface area contributed by atoms with Gasteiger partial charge in [-0.25, -0.2) is 13.5 Å². The van der Waals surface area contributed by atoms with E-state index in [1.165, 1.54) is 0 Å². The van der Waals surface area contributed by atoms with E-state index in [1.807, 2.05) is 0 Å². The van der Waals surface area contributed by atoms with Crippen molar-refractivity contribution in [3.8, 4) is 0 Å². The summed E-state index contributed by atoms with van der Waals surface area (Å²) in [5.41, 5.74) is -6.44. The first-order valence-electron chi connectivity index (χ1n) is 8.36. The van der Waals surface area contributed by atoms with Crippen LogP contribution in [0.5, 0.6) is 0 Å². The highest BCUT2D eigenvalue weighted by molar-refractivity contribution is 9.10. The lowest BCUT2D eigenvalue weighted by molar-refractivity contribution is -0.207. The maximum absolute atomic E-state index is 15.6. The highest BCUT2D eigenvalue weighted by Gasteiger charge is 2.57. The number of rotatable bonds is 5. The standard InChI is InChI=1S/C15H10BrF4N5O/c16-9-1-4-13(21-6-9)15(19,20)14(26,7-25-8-22-23-24-25)11-3-2-10(17)5-12(11)18/h1-6,8,26H,7H2/i7D2,8D. The van der Waals surface area contributed by atoms with Crippen LogP contribution in [0.2, 0.25) is 0 Å². The van der Waals surface area contributed by atoms with Gasteiger partial charge in [-0.3, -0.25) is 4.98 Å². The van der Waals surface area contributed by atoms with Gasteiger partial charge in [-0.15, -0.1) is 5.10 Å². The van der Waals surface area contributed by atoms with Crippen LogP contribution in [0, 0.1) is 11.6 Å². The van der Waals surface area contributed by atoms with Gasteiger partial charge in [0, 0.05) is 22.3 Å². The number of hydrogen-bond donors (Lipinski definition) is 1. The zero-order chi connectivity index (χ0) is 21.6. The second-order valence-corrected chi connectivity index (χ2v) is 5.99. The lowest BCUT2D eigenvalue weighted by Crippen LogP contribution is -2.48. The van der Waals surface area contributed by atoms with Crippen molar-refractivity contribution in [1.29, 1.82) is 0 Å². The van der Waals surface area contributed by atoms with Crippen molar-refractivity contribution in [3.63, 3.8) is 0 Å². The van der Waals surface area contributed by atoms with Crippen molar-refractivity contribution >= 4 is 15.9 Å². The molecule has 1 atom stereocenters. The first kappa shape index (κ1) is 14.7. The van der Waals surface area contributed by atoms with Crippen LogP contribution in [-0.4, -0.2) is 30.3 Å². The number of tetrazole rings is 1. The van der Waals surface area contributed by atoms with Gasteiger partial charge in [-0.05, 0) is 50.6 Å². The Morgan fingerprint density at radius 2 is 2.04 bits per heavy atom. The van der Waals surface area contributed by atoms with Crippen LogP contribution in [0.15, 0.2) is 47.3 Å². The van der Waals surface area contributed by atoms with Crippen molar-refractivity contribution in [3.05, 3.63) is 70.2 Å². The average Bonchev–Trinajstić information content (AvgIpc) is 3.08. The Kier molecular flexibility index (Phi) is 3.81. The Morgan fingerprint density at radius 3 is 2.62 bits per heavy atom. The monoisotopic (exact) mass is 434 g/mol. The van der Waals surface area contributed by atoms with Crippen molar-refractivity contribution < 1.29 is 26.8 Å². The van der Waals surface area contributed by atoms with Gasteiger partial charge in [0.25, 0.3) is 0 Å². The summed E-state index contributed by atoms with van der Waals surface area (Å²) in [6.07, 6.45) is -0.0526. The Morgan fingerprint density at radius 1 is 1.27 bits per heavy atom. The van der Waals surface area contributed by atoms with Gasteiger partial charge < -0.3 is 5.11 Å². The molecule has 2 heterocycles. The smallest absolute Gasteiger partial charge is 0.323 e. The Balaban J connectivity index is 2.35. The number of aliphatic hydroxyl groups is 1. The lowest BCUT2D eigenvalue weighted by Gasteiger charge is -2.35. The molecule has 11 heteroatoms. The summed E-state index contributed by atoms with van der Waals surface area (Å²) in [5, 5.41) is 20.3. The van der Waals surface area contributed by atoms with Gasteiger partial charge in [-0.1, -0.05) is 0 Å². The first-order chi connectivity index (χ1) is 13.4. The molecule has 136 valence electrons. The molecule has 0 spiro atoms. The van der Waals surface area contributed by atoms with Crippen LogP contribution in [0.25, 0.3) is 0 Å². The molecule has 0 aliphatic carbocycles. The van der Waals surface area contributed by atoms with E-state index in [1.54, 1.807) is 0 Å². The molecule has 3 aromatic rings. The SMILES string of the molecule is [2H]c1nnnn1C([2H])([2H])C(O)(c1ccc(F)cc1F)C(F)(F)c1ccc(Br)cn1.